The van der Waals surface area contributed by atoms with Gasteiger partial charge in [0.1, 0.15) is 18.2 Å². The number of aromatic nitrogens is 4. The Morgan fingerprint density at radius 2 is 2.06 bits per heavy atom. The quantitative estimate of drug-likeness (QED) is 0.299. The van der Waals surface area contributed by atoms with Gasteiger partial charge in [0.15, 0.2) is 5.76 Å². The van der Waals surface area contributed by atoms with Gasteiger partial charge in [-0.15, -0.1) is 0 Å². The SMILES string of the molecule is Cc1nn(Cc2cccc(NC(=O)c3ccc(Cn4cc([N+](=O)[O-])cn4)o3)c2)c(C)c1Br. The maximum atomic E-state index is 12.6. The van der Waals surface area contributed by atoms with Crippen LogP contribution >= 0.6 is 15.9 Å². The Morgan fingerprint density at radius 1 is 1.25 bits per heavy atom. The number of nitrogens with zero attached hydrogens (tertiary/aromatic N) is 5. The maximum absolute atomic E-state index is 12.6. The van der Waals surface area contributed by atoms with Crippen LogP contribution in [0.5, 0.6) is 0 Å². The summed E-state index contributed by atoms with van der Waals surface area (Å²) in [7, 11) is 0. The van der Waals surface area contributed by atoms with Crippen molar-refractivity contribution in [1.29, 1.82) is 0 Å². The van der Waals surface area contributed by atoms with E-state index in [4.69, 9.17) is 4.42 Å². The second-order valence-corrected chi connectivity index (χ2v) is 8.01. The van der Waals surface area contributed by atoms with Gasteiger partial charge >= 0.3 is 5.69 Å². The number of aryl methyl sites for hydroxylation is 1. The van der Waals surface area contributed by atoms with Gasteiger partial charge in [0, 0.05) is 5.69 Å². The highest BCUT2D eigenvalue weighted by molar-refractivity contribution is 9.10. The van der Waals surface area contributed by atoms with Crippen LogP contribution in [0.1, 0.15) is 33.3 Å². The summed E-state index contributed by atoms with van der Waals surface area (Å²) >= 11 is 3.53. The van der Waals surface area contributed by atoms with E-state index in [1.165, 1.54) is 10.9 Å². The van der Waals surface area contributed by atoms with Gasteiger partial charge in [0.05, 0.1) is 33.9 Å². The molecule has 0 fully saturated rings. The van der Waals surface area contributed by atoms with E-state index in [0.29, 0.717) is 18.0 Å². The van der Waals surface area contributed by atoms with Gasteiger partial charge < -0.3 is 9.73 Å². The highest BCUT2D eigenvalue weighted by Gasteiger charge is 2.15. The van der Waals surface area contributed by atoms with E-state index in [0.717, 1.165) is 27.6 Å². The largest absolute Gasteiger partial charge is 0.454 e. The number of furan rings is 1. The van der Waals surface area contributed by atoms with Gasteiger partial charge in [-0.2, -0.15) is 10.2 Å². The van der Waals surface area contributed by atoms with Crippen LogP contribution in [0.3, 0.4) is 0 Å². The average Bonchev–Trinajstić information content (AvgIpc) is 3.47. The Labute approximate surface area is 191 Å². The minimum Gasteiger partial charge on any atom is -0.454 e. The van der Waals surface area contributed by atoms with E-state index >= 15 is 0 Å². The summed E-state index contributed by atoms with van der Waals surface area (Å²) < 4.78 is 9.85. The summed E-state index contributed by atoms with van der Waals surface area (Å²) in [6.07, 6.45) is 2.46. The molecule has 1 amide bonds. The first-order chi connectivity index (χ1) is 15.3. The summed E-state index contributed by atoms with van der Waals surface area (Å²) in [5.41, 5.74) is 3.46. The van der Waals surface area contributed by atoms with E-state index in [2.05, 4.69) is 31.4 Å². The number of rotatable bonds is 7. The smallest absolute Gasteiger partial charge is 0.307 e. The second-order valence-electron chi connectivity index (χ2n) is 7.22. The Morgan fingerprint density at radius 3 is 2.75 bits per heavy atom. The molecule has 3 heterocycles. The van der Waals surface area contributed by atoms with Crippen molar-refractivity contribution in [3.63, 3.8) is 0 Å². The first-order valence-corrected chi connectivity index (χ1v) is 10.4. The van der Waals surface area contributed by atoms with E-state index < -0.39 is 10.8 Å². The Kier molecular flexibility index (Phi) is 5.91. The molecule has 0 saturated carbocycles. The third-order valence-corrected chi connectivity index (χ3v) is 5.99. The molecule has 11 heteroatoms. The molecule has 0 aliphatic carbocycles. The van der Waals surface area contributed by atoms with E-state index in [1.54, 1.807) is 18.2 Å². The Balaban J connectivity index is 1.42. The number of carbonyl (C=O) groups is 1. The zero-order valence-corrected chi connectivity index (χ0v) is 18.9. The molecule has 164 valence electrons. The van der Waals surface area contributed by atoms with E-state index in [-0.39, 0.29) is 18.0 Å². The van der Waals surface area contributed by atoms with Gasteiger partial charge in [-0.25, -0.2) is 0 Å². The van der Waals surface area contributed by atoms with Gasteiger partial charge in [-0.3, -0.25) is 24.3 Å². The molecule has 4 rings (SSSR count). The molecule has 4 aromatic rings. The van der Waals surface area contributed by atoms with Gasteiger partial charge in [0.2, 0.25) is 0 Å². The van der Waals surface area contributed by atoms with Crippen LogP contribution in [-0.4, -0.2) is 30.4 Å². The van der Waals surface area contributed by atoms with Crippen LogP contribution < -0.4 is 5.32 Å². The fraction of sp³-hybridized carbons (Fsp3) is 0.190. The Bertz CT molecular complexity index is 1310. The lowest BCUT2D eigenvalue weighted by atomic mass is 10.2. The average molecular weight is 499 g/mol. The van der Waals surface area contributed by atoms with Gasteiger partial charge in [-0.1, -0.05) is 12.1 Å². The predicted molar refractivity (Wildman–Crippen MR) is 120 cm³/mol. The fourth-order valence-electron chi connectivity index (χ4n) is 3.22. The van der Waals surface area contributed by atoms with E-state index in [1.807, 2.05) is 36.7 Å². The molecule has 3 aromatic heterocycles. The first kappa shape index (κ1) is 21.5. The number of nitrogens with one attached hydrogen (secondary N) is 1. The van der Waals surface area contributed by atoms with Crippen molar-refractivity contribution in [2.24, 2.45) is 0 Å². The minimum atomic E-state index is -0.522. The van der Waals surface area contributed by atoms with Crippen molar-refractivity contribution in [1.82, 2.24) is 19.6 Å². The first-order valence-electron chi connectivity index (χ1n) is 9.65. The fourth-order valence-corrected chi connectivity index (χ4v) is 3.50. The monoisotopic (exact) mass is 498 g/mol. The maximum Gasteiger partial charge on any atom is 0.307 e. The molecule has 0 atom stereocenters. The summed E-state index contributed by atoms with van der Waals surface area (Å²) in [5, 5.41) is 22.0. The normalized spacial score (nSPS) is 11.0. The number of anilines is 1. The summed E-state index contributed by atoms with van der Waals surface area (Å²) in [6, 6.07) is 10.7. The number of nitro groups is 1. The zero-order chi connectivity index (χ0) is 22.8. The van der Waals surface area contributed by atoms with Crippen LogP contribution in [0.25, 0.3) is 0 Å². The molecule has 0 unspecified atom stereocenters. The number of carbonyl (C=O) groups excluding carboxylic acids is 1. The van der Waals surface area contributed by atoms with E-state index in [9.17, 15) is 14.9 Å². The Hall–Kier alpha value is -3.73. The standard InChI is InChI=1S/C21H19BrN6O4/c1-13-20(22)14(2)27(25-13)10-15-4-3-5-16(8-15)24-21(29)19-7-6-18(32-19)12-26-11-17(9-23-26)28(30)31/h3-9,11H,10,12H2,1-2H3,(H,24,29). The minimum absolute atomic E-state index is 0.109. The van der Waals surface area contributed by atoms with Crippen molar-refractivity contribution in [2.45, 2.75) is 26.9 Å². The van der Waals surface area contributed by atoms with Gasteiger partial charge in [-0.05, 0) is 59.6 Å². The molecule has 1 aromatic carbocycles. The number of hydrogen-bond acceptors (Lipinski definition) is 6. The van der Waals surface area contributed by atoms with Gasteiger partial charge in [0.25, 0.3) is 5.91 Å². The predicted octanol–water partition coefficient (Wildman–Crippen LogP) is 4.31. The van der Waals surface area contributed by atoms with Crippen LogP contribution in [0.2, 0.25) is 0 Å². The summed E-state index contributed by atoms with van der Waals surface area (Å²) in [6.45, 7) is 4.68. The number of halogens is 1. The summed E-state index contributed by atoms with van der Waals surface area (Å²) in [5.74, 6) is 0.195. The number of benzene rings is 1. The van der Waals surface area contributed by atoms with Crippen LogP contribution in [0.4, 0.5) is 11.4 Å². The summed E-state index contributed by atoms with van der Waals surface area (Å²) in [4.78, 5) is 22.8. The molecule has 0 saturated heterocycles. The van der Waals surface area contributed by atoms with Crippen LogP contribution in [0, 0.1) is 24.0 Å². The van der Waals surface area contributed by atoms with Crippen molar-refractivity contribution in [3.05, 3.63) is 91.9 Å². The van der Waals surface area contributed by atoms with Crippen molar-refractivity contribution >= 4 is 33.2 Å². The molecule has 0 bridgehead atoms. The topological polar surface area (TPSA) is 121 Å². The molecule has 32 heavy (non-hydrogen) atoms. The molecule has 0 radical (unpaired) electrons. The lowest BCUT2D eigenvalue weighted by molar-refractivity contribution is -0.385. The lowest BCUT2D eigenvalue weighted by Gasteiger charge is -2.08. The number of hydrogen-bond donors (Lipinski definition) is 1. The van der Waals surface area contributed by atoms with Crippen molar-refractivity contribution < 1.29 is 14.1 Å². The van der Waals surface area contributed by atoms with Crippen molar-refractivity contribution in [2.75, 3.05) is 5.32 Å². The van der Waals surface area contributed by atoms with Crippen molar-refractivity contribution in [3.8, 4) is 0 Å². The van der Waals surface area contributed by atoms with Crippen LogP contribution in [0.15, 0.2) is 57.7 Å². The molecule has 0 aliphatic heterocycles. The third kappa shape index (κ3) is 4.62. The molecular formula is C21H19BrN6O4. The lowest BCUT2D eigenvalue weighted by Crippen LogP contribution is -2.11. The molecule has 1 N–H and O–H groups in total. The zero-order valence-electron chi connectivity index (χ0n) is 17.3. The molecular weight excluding hydrogens is 480 g/mol. The molecule has 10 nitrogen and oxygen atoms in total. The molecule has 0 aliphatic rings. The molecule has 0 spiro atoms. The highest BCUT2D eigenvalue weighted by Crippen LogP contribution is 2.22. The number of amides is 1. The third-order valence-electron chi connectivity index (χ3n) is 4.84. The van der Waals surface area contributed by atoms with Crippen LogP contribution in [-0.2, 0) is 13.1 Å². The highest BCUT2D eigenvalue weighted by atomic mass is 79.9. The second kappa shape index (κ2) is 8.79.